The average Bonchev–Trinajstić information content (AvgIpc) is 3.01. The van der Waals surface area contributed by atoms with Gasteiger partial charge in [-0.3, -0.25) is 17.6 Å². The summed E-state index contributed by atoms with van der Waals surface area (Å²) in [7, 11) is 0. The number of carbonyl (C=O) groups is 3. The molecule has 2 aromatic carbocycles. The van der Waals surface area contributed by atoms with E-state index in [0.29, 0.717) is 36.4 Å². The lowest BCUT2D eigenvalue weighted by Crippen LogP contribution is -2.38. The molecule has 2 unspecified atom stereocenters. The Labute approximate surface area is 275 Å². The van der Waals surface area contributed by atoms with E-state index in [1.165, 1.54) is 0 Å². The smallest absolute Gasteiger partial charge is 0.410 e. The number of nitrogens with one attached hydrogen (secondary N) is 2. The zero-order valence-corrected chi connectivity index (χ0v) is 28.7. The van der Waals surface area contributed by atoms with Crippen LogP contribution in [-0.4, -0.2) is 54.9 Å². The summed E-state index contributed by atoms with van der Waals surface area (Å²) in [5.74, 6) is -0.298. The molecule has 2 atom stereocenters. The Morgan fingerprint density at radius 2 is 1.77 bits per heavy atom. The number of hydrogen-bond donors (Lipinski definition) is 2. The van der Waals surface area contributed by atoms with Gasteiger partial charge >= 0.3 is 6.09 Å². The maximum atomic E-state index is 13.1. The first-order valence-electron chi connectivity index (χ1n) is 14.7. The molecular weight excluding hydrogens is 675 g/mol. The topological polar surface area (TPSA) is 119 Å². The van der Waals surface area contributed by atoms with Crippen molar-refractivity contribution in [3.8, 4) is 5.75 Å². The lowest BCUT2D eigenvalue weighted by molar-refractivity contribution is -0.127. The molecule has 0 aliphatic carbocycles. The van der Waals surface area contributed by atoms with Crippen LogP contribution in [0.3, 0.4) is 0 Å². The minimum atomic E-state index is -0.568. The number of hydrogen-bond acceptors (Lipinski definition) is 7. The molecule has 2 aromatic rings. The number of halogens is 1. The van der Waals surface area contributed by atoms with Crippen LogP contribution in [0.5, 0.6) is 5.75 Å². The molecule has 2 rings (SSSR count). The van der Waals surface area contributed by atoms with Gasteiger partial charge in [0.05, 0.1) is 17.9 Å². The van der Waals surface area contributed by atoms with E-state index in [-0.39, 0.29) is 36.9 Å². The molecule has 2 N–H and O–H groups in total. The Balaban J connectivity index is 2.10. The molecule has 10 nitrogen and oxygen atoms in total. The number of benzene rings is 2. The highest BCUT2D eigenvalue weighted by atomic mass is 127. The highest BCUT2D eigenvalue weighted by Crippen LogP contribution is 2.30. The van der Waals surface area contributed by atoms with E-state index in [9.17, 15) is 14.4 Å². The fraction of sp³-hybridized carbons (Fsp3) is 0.455. The van der Waals surface area contributed by atoms with Crippen LogP contribution in [0.2, 0.25) is 0 Å². The van der Waals surface area contributed by atoms with E-state index in [0.717, 1.165) is 16.8 Å². The third-order valence-corrected chi connectivity index (χ3v) is 7.75. The standard InChI is InChI=1S/C33H45IN4O6/c1-9-31(44-34)43-29-18-25(14-15-28(29)37-30(39)19-36-32(40)24(7)21(2)3)20-42-33(41)38(22(4)5)17-16-23(6)26-12-10-11-13-27(26)35-8/h10-15,18,21-22,24,31H,6,8-9,16-17,19-20H2,1-5,7H3,(H,36,40)(H,37,39). The third-order valence-electron chi connectivity index (χ3n) is 7.18. The molecule has 0 aromatic heterocycles. The molecule has 44 heavy (non-hydrogen) atoms. The molecule has 0 bridgehead atoms. The van der Waals surface area contributed by atoms with Crippen molar-refractivity contribution in [1.82, 2.24) is 10.2 Å². The number of ether oxygens (including phenoxy) is 2. The van der Waals surface area contributed by atoms with Crippen LogP contribution in [0.1, 0.15) is 65.5 Å². The van der Waals surface area contributed by atoms with Crippen molar-refractivity contribution in [3.05, 3.63) is 60.2 Å². The predicted molar refractivity (Wildman–Crippen MR) is 183 cm³/mol. The Hall–Kier alpha value is -3.45. The van der Waals surface area contributed by atoms with E-state index in [1.807, 2.05) is 65.8 Å². The minimum Gasteiger partial charge on any atom is -0.462 e. The summed E-state index contributed by atoms with van der Waals surface area (Å²) in [5.41, 5.74) is 3.56. The van der Waals surface area contributed by atoms with Gasteiger partial charge in [-0.2, -0.15) is 0 Å². The van der Waals surface area contributed by atoms with Gasteiger partial charge < -0.3 is 25.0 Å². The van der Waals surface area contributed by atoms with Gasteiger partial charge in [0.1, 0.15) is 35.4 Å². The maximum absolute atomic E-state index is 13.1. The Kier molecular flexibility index (Phi) is 15.3. The van der Waals surface area contributed by atoms with Crippen LogP contribution in [-0.2, 0) is 24.0 Å². The molecule has 3 amide bonds. The predicted octanol–water partition coefficient (Wildman–Crippen LogP) is 7.30. The number of carbonyl (C=O) groups excluding carboxylic acids is 3. The van der Waals surface area contributed by atoms with Crippen LogP contribution in [0.25, 0.3) is 5.57 Å². The quantitative estimate of drug-likeness (QED) is 0.101. The first-order chi connectivity index (χ1) is 20.9. The van der Waals surface area contributed by atoms with Gasteiger partial charge in [-0.1, -0.05) is 58.5 Å². The van der Waals surface area contributed by atoms with E-state index in [1.54, 1.807) is 46.1 Å². The number of nitrogens with zero attached hydrogens (tertiary/aromatic N) is 2. The van der Waals surface area contributed by atoms with Crippen molar-refractivity contribution in [3.63, 3.8) is 0 Å². The van der Waals surface area contributed by atoms with E-state index in [2.05, 4.69) is 28.9 Å². The van der Waals surface area contributed by atoms with Gasteiger partial charge in [0, 0.05) is 30.5 Å². The lowest BCUT2D eigenvalue weighted by Gasteiger charge is -2.26. The van der Waals surface area contributed by atoms with Crippen molar-refractivity contribution in [2.75, 3.05) is 18.4 Å². The fourth-order valence-corrected chi connectivity index (χ4v) is 4.54. The number of amides is 3. The van der Waals surface area contributed by atoms with Crippen molar-refractivity contribution in [1.29, 1.82) is 0 Å². The molecule has 0 heterocycles. The number of para-hydroxylation sites is 1. The zero-order chi connectivity index (χ0) is 32.8. The first-order valence-corrected chi connectivity index (χ1v) is 15.6. The second-order valence-corrected chi connectivity index (χ2v) is 11.6. The summed E-state index contributed by atoms with van der Waals surface area (Å²) in [6.07, 6.45) is 0.0658. The van der Waals surface area contributed by atoms with E-state index in [4.69, 9.17) is 12.5 Å². The average molecular weight is 721 g/mol. The maximum Gasteiger partial charge on any atom is 0.410 e. The van der Waals surface area contributed by atoms with Gasteiger partial charge in [-0.25, -0.2) is 4.79 Å². The van der Waals surface area contributed by atoms with Crippen LogP contribution in [0.15, 0.2) is 54.0 Å². The SMILES string of the molecule is C=Nc1ccccc1C(=C)CCN(C(=O)OCc1ccc(NC(=O)CNC(=O)C(C)C(C)C)c(OC(CC)OI)c1)C(C)C. The fourth-order valence-electron chi connectivity index (χ4n) is 4.08. The first kappa shape index (κ1) is 36.7. The number of rotatable bonds is 17. The second-order valence-electron chi connectivity index (χ2n) is 11.0. The van der Waals surface area contributed by atoms with Crippen molar-refractivity contribution in [2.24, 2.45) is 16.8 Å². The lowest BCUT2D eigenvalue weighted by atomic mass is 9.97. The molecular formula is C33H45IN4O6. The summed E-state index contributed by atoms with van der Waals surface area (Å²) in [6.45, 7) is 19.5. The molecule has 0 spiro atoms. The van der Waals surface area contributed by atoms with E-state index < -0.39 is 18.3 Å². The molecule has 11 heteroatoms. The highest BCUT2D eigenvalue weighted by Gasteiger charge is 2.21. The molecule has 0 fully saturated rings. The number of aliphatic imine (C=N–C) groups is 1. The molecule has 0 radical (unpaired) electrons. The van der Waals surface area contributed by atoms with E-state index >= 15 is 0 Å². The van der Waals surface area contributed by atoms with Crippen LogP contribution in [0.4, 0.5) is 16.2 Å². The third kappa shape index (κ3) is 11.2. The van der Waals surface area contributed by atoms with Crippen LogP contribution < -0.4 is 15.4 Å². The van der Waals surface area contributed by atoms with Gasteiger partial charge in [0.25, 0.3) is 0 Å². The molecule has 0 aliphatic rings. The zero-order valence-electron chi connectivity index (χ0n) is 26.5. The van der Waals surface area contributed by atoms with Crippen molar-refractivity contribution in [2.45, 2.75) is 73.3 Å². The molecule has 0 saturated heterocycles. The second kappa shape index (κ2) is 18.4. The molecule has 240 valence electrons. The summed E-state index contributed by atoms with van der Waals surface area (Å²) in [5, 5.41) is 5.46. The Morgan fingerprint density at radius 3 is 2.39 bits per heavy atom. The van der Waals surface area contributed by atoms with Gasteiger partial charge in [-0.15, -0.1) is 0 Å². The molecule has 0 saturated carbocycles. The van der Waals surface area contributed by atoms with Crippen LogP contribution in [0, 0.1) is 11.8 Å². The molecule has 0 aliphatic heterocycles. The van der Waals surface area contributed by atoms with Gasteiger partial charge in [0.15, 0.2) is 0 Å². The summed E-state index contributed by atoms with van der Waals surface area (Å²) in [6, 6.07) is 12.6. The number of anilines is 1. The van der Waals surface area contributed by atoms with Crippen LogP contribution >= 0.6 is 23.0 Å². The summed E-state index contributed by atoms with van der Waals surface area (Å²) < 4.78 is 17.0. The Bertz CT molecular complexity index is 1290. The highest BCUT2D eigenvalue weighted by molar-refractivity contribution is 14.1. The van der Waals surface area contributed by atoms with Gasteiger partial charge in [0.2, 0.25) is 18.1 Å². The van der Waals surface area contributed by atoms with Crippen molar-refractivity contribution >= 4 is 64.6 Å². The summed E-state index contributed by atoms with van der Waals surface area (Å²) in [4.78, 5) is 43.8. The summed E-state index contributed by atoms with van der Waals surface area (Å²) >= 11 is 1.76. The van der Waals surface area contributed by atoms with Gasteiger partial charge in [-0.05, 0) is 62.2 Å². The Morgan fingerprint density at radius 1 is 1.07 bits per heavy atom. The monoisotopic (exact) mass is 720 g/mol. The largest absolute Gasteiger partial charge is 0.462 e. The minimum absolute atomic E-state index is 0.0121. The van der Waals surface area contributed by atoms with Crippen molar-refractivity contribution < 1.29 is 26.9 Å². The normalized spacial score (nSPS) is 12.3.